The van der Waals surface area contributed by atoms with Gasteiger partial charge in [-0.05, 0) is 19.3 Å². The molecule has 2 fully saturated rings. The van der Waals surface area contributed by atoms with E-state index in [9.17, 15) is 18.0 Å². The Morgan fingerprint density at radius 3 is 2.33 bits per heavy atom. The number of nitrogens with one attached hydrogen (secondary N) is 1. The average Bonchev–Trinajstić information content (AvgIpc) is 2.41. The van der Waals surface area contributed by atoms with E-state index in [4.69, 9.17) is 0 Å². The molecule has 0 aromatic carbocycles. The summed E-state index contributed by atoms with van der Waals surface area (Å²) in [4.78, 5) is 25.5. The molecule has 2 heterocycles. The number of amides is 2. The van der Waals surface area contributed by atoms with Gasteiger partial charge in [-0.2, -0.15) is 0 Å². The number of carbonyl (C=O) groups excluding carboxylic acids is 2. The van der Waals surface area contributed by atoms with E-state index in [1.807, 2.05) is 0 Å². The molecule has 0 unspecified atom stereocenters. The molecule has 0 aromatic heterocycles. The van der Waals surface area contributed by atoms with Gasteiger partial charge in [0.05, 0.1) is 6.26 Å². The second-order valence-electron chi connectivity index (χ2n) is 5.95. The van der Waals surface area contributed by atoms with Crippen LogP contribution in [0.15, 0.2) is 0 Å². The third kappa shape index (κ3) is 4.16. The van der Waals surface area contributed by atoms with Gasteiger partial charge < -0.3 is 10.2 Å². The molecule has 1 atom stereocenters. The lowest BCUT2D eigenvalue weighted by atomic mass is 9.94. The van der Waals surface area contributed by atoms with Crippen LogP contribution in [0.5, 0.6) is 0 Å². The highest BCUT2D eigenvalue weighted by Gasteiger charge is 2.31. The SMILES string of the molecule is CN1CC[C@H](C(=O)NC2CCN(S(C)(=O)=O)CC2)CC1=O. The van der Waals surface area contributed by atoms with Crippen molar-refractivity contribution in [2.45, 2.75) is 31.7 Å². The third-order valence-electron chi connectivity index (χ3n) is 4.30. The van der Waals surface area contributed by atoms with Crippen LogP contribution in [0.3, 0.4) is 0 Å². The molecule has 2 saturated heterocycles. The lowest BCUT2D eigenvalue weighted by molar-refractivity contribution is -0.139. The van der Waals surface area contributed by atoms with Crippen molar-refractivity contribution in [1.82, 2.24) is 14.5 Å². The van der Waals surface area contributed by atoms with Crippen molar-refractivity contribution in [2.75, 3.05) is 32.9 Å². The van der Waals surface area contributed by atoms with Gasteiger partial charge in [-0.1, -0.05) is 0 Å². The first-order valence-electron chi connectivity index (χ1n) is 7.27. The minimum absolute atomic E-state index is 0.00487. The number of rotatable bonds is 3. The fraction of sp³-hybridized carbons (Fsp3) is 0.846. The maximum atomic E-state index is 12.2. The quantitative estimate of drug-likeness (QED) is 0.753. The Morgan fingerprint density at radius 2 is 1.81 bits per heavy atom. The van der Waals surface area contributed by atoms with Crippen LogP contribution in [0.2, 0.25) is 0 Å². The summed E-state index contributed by atoms with van der Waals surface area (Å²) in [6, 6.07) is 0.00487. The zero-order chi connectivity index (χ0) is 15.6. The van der Waals surface area contributed by atoms with Crippen LogP contribution in [-0.2, 0) is 19.6 Å². The summed E-state index contributed by atoms with van der Waals surface area (Å²) in [6.07, 6.45) is 3.41. The molecule has 0 aromatic rings. The topological polar surface area (TPSA) is 86.8 Å². The monoisotopic (exact) mass is 317 g/mol. The van der Waals surface area contributed by atoms with Crippen molar-refractivity contribution in [2.24, 2.45) is 5.92 Å². The van der Waals surface area contributed by atoms with Crippen LogP contribution in [0.1, 0.15) is 25.7 Å². The minimum Gasteiger partial charge on any atom is -0.353 e. The first-order chi connectivity index (χ1) is 9.77. The molecule has 7 nitrogen and oxygen atoms in total. The molecule has 0 radical (unpaired) electrons. The molecule has 2 amide bonds. The Hall–Kier alpha value is -1.15. The van der Waals surface area contributed by atoms with E-state index < -0.39 is 10.0 Å². The zero-order valence-electron chi connectivity index (χ0n) is 12.5. The smallest absolute Gasteiger partial charge is 0.223 e. The Bertz CT molecular complexity index is 512. The Kier molecular flexibility index (Phi) is 4.88. The van der Waals surface area contributed by atoms with Crippen LogP contribution >= 0.6 is 0 Å². The highest BCUT2D eigenvalue weighted by Crippen LogP contribution is 2.19. The highest BCUT2D eigenvalue weighted by atomic mass is 32.2. The van der Waals surface area contributed by atoms with Crippen LogP contribution < -0.4 is 5.32 Å². The van der Waals surface area contributed by atoms with Crippen LogP contribution in [0.25, 0.3) is 0 Å². The predicted octanol–water partition coefficient (Wildman–Crippen LogP) is -0.605. The van der Waals surface area contributed by atoms with Crippen molar-refractivity contribution in [3.05, 3.63) is 0 Å². The Labute approximate surface area is 125 Å². The number of nitrogens with zero attached hydrogens (tertiary/aromatic N) is 2. The summed E-state index contributed by atoms with van der Waals surface area (Å²) >= 11 is 0. The number of piperidine rings is 2. The molecule has 0 saturated carbocycles. The van der Waals surface area contributed by atoms with Gasteiger partial charge in [0.2, 0.25) is 21.8 Å². The molecule has 21 heavy (non-hydrogen) atoms. The van der Waals surface area contributed by atoms with E-state index in [0.29, 0.717) is 38.9 Å². The van der Waals surface area contributed by atoms with Gasteiger partial charge in [-0.3, -0.25) is 9.59 Å². The van der Waals surface area contributed by atoms with E-state index in [0.717, 1.165) is 0 Å². The van der Waals surface area contributed by atoms with Crippen molar-refractivity contribution < 1.29 is 18.0 Å². The van der Waals surface area contributed by atoms with Gasteiger partial charge in [0, 0.05) is 45.1 Å². The van der Waals surface area contributed by atoms with Gasteiger partial charge in [0.15, 0.2) is 0 Å². The van der Waals surface area contributed by atoms with E-state index >= 15 is 0 Å². The van der Waals surface area contributed by atoms with Gasteiger partial charge in [-0.15, -0.1) is 0 Å². The summed E-state index contributed by atoms with van der Waals surface area (Å²) in [5.41, 5.74) is 0. The highest BCUT2D eigenvalue weighted by molar-refractivity contribution is 7.88. The first-order valence-corrected chi connectivity index (χ1v) is 9.11. The summed E-state index contributed by atoms with van der Waals surface area (Å²) in [5, 5.41) is 2.96. The van der Waals surface area contributed by atoms with Crippen molar-refractivity contribution in [3.63, 3.8) is 0 Å². The molecular weight excluding hydrogens is 294 g/mol. The average molecular weight is 317 g/mol. The second kappa shape index (κ2) is 6.31. The van der Waals surface area contributed by atoms with E-state index in [-0.39, 0.29) is 30.2 Å². The predicted molar refractivity (Wildman–Crippen MR) is 77.9 cm³/mol. The fourth-order valence-corrected chi connectivity index (χ4v) is 3.69. The maximum absolute atomic E-state index is 12.2. The molecule has 8 heteroatoms. The van der Waals surface area contributed by atoms with Crippen LogP contribution in [0, 0.1) is 5.92 Å². The number of likely N-dealkylation sites (tertiary alicyclic amines) is 1. The molecule has 2 aliphatic rings. The molecular formula is C13H23N3O4S. The number of hydrogen-bond donors (Lipinski definition) is 1. The fourth-order valence-electron chi connectivity index (χ4n) is 2.82. The molecule has 2 aliphatic heterocycles. The lowest BCUT2D eigenvalue weighted by Crippen LogP contribution is -2.49. The van der Waals surface area contributed by atoms with Crippen LogP contribution in [0.4, 0.5) is 0 Å². The van der Waals surface area contributed by atoms with Gasteiger partial charge in [-0.25, -0.2) is 12.7 Å². The van der Waals surface area contributed by atoms with Crippen molar-refractivity contribution in [3.8, 4) is 0 Å². The Balaban J connectivity index is 1.81. The molecule has 1 N–H and O–H groups in total. The minimum atomic E-state index is -3.14. The summed E-state index contributed by atoms with van der Waals surface area (Å²) in [6.45, 7) is 1.50. The summed E-state index contributed by atoms with van der Waals surface area (Å²) in [5.74, 6) is -0.316. The Morgan fingerprint density at radius 1 is 1.19 bits per heavy atom. The molecule has 0 aliphatic carbocycles. The number of carbonyl (C=O) groups is 2. The third-order valence-corrected chi connectivity index (χ3v) is 5.60. The molecule has 0 bridgehead atoms. The summed E-state index contributed by atoms with van der Waals surface area (Å²) in [7, 11) is -1.39. The summed E-state index contributed by atoms with van der Waals surface area (Å²) < 4.78 is 24.3. The zero-order valence-corrected chi connectivity index (χ0v) is 13.4. The molecule has 0 spiro atoms. The van der Waals surface area contributed by atoms with Crippen LogP contribution in [-0.4, -0.2) is 68.4 Å². The second-order valence-corrected chi connectivity index (χ2v) is 7.93. The normalized spacial score (nSPS) is 25.9. The molecule has 2 rings (SSSR count). The first kappa shape index (κ1) is 16.2. The van der Waals surface area contributed by atoms with Gasteiger partial charge in [0.25, 0.3) is 0 Å². The number of hydrogen-bond acceptors (Lipinski definition) is 4. The largest absolute Gasteiger partial charge is 0.353 e. The van der Waals surface area contributed by atoms with Crippen molar-refractivity contribution in [1.29, 1.82) is 0 Å². The standard InChI is InChI=1S/C13H23N3O4S/c1-15-6-3-10(9-12(15)17)13(18)14-11-4-7-16(8-5-11)21(2,19)20/h10-11H,3-9H2,1-2H3,(H,14,18)/t10-/m0/s1. The maximum Gasteiger partial charge on any atom is 0.223 e. The number of sulfonamides is 1. The van der Waals surface area contributed by atoms with E-state index in [1.165, 1.54) is 10.6 Å². The van der Waals surface area contributed by atoms with Gasteiger partial charge in [0.1, 0.15) is 0 Å². The lowest BCUT2D eigenvalue weighted by Gasteiger charge is -2.33. The molecule has 120 valence electrons. The van der Waals surface area contributed by atoms with E-state index in [1.54, 1.807) is 11.9 Å². The van der Waals surface area contributed by atoms with E-state index in [2.05, 4.69) is 5.32 Å². The van der Waals surface area contributed by atoms with Gasteiger partial charge >= 0.3 is 0 Å². The van der Waals surface area contributed by atoms with Crippen molar-refractivity contribution >= 4 is 21.8 Å².